The number of aryl methyl sites for hydroxylation is 1. The Kier molecular flexibility index (Phi) is 2.84. The maximum Gasteiger partial charge on any atom is 0.170 e. The molecule has 0 fully saturated rings. The molecular weight excluding hydrogens is 231 g/mol. The van der Waals surface area contributed by atoms with Crippen LogP contribution in [0.25, 0.3) is 5.69 Å². The van der Waals surface area contributed by atoms with Gasteiger partial charge in [-0.05, 0) is 30.7 Å². The van der Waals surface area contributed by atoms with Gasteiger partial charge in [-0.3, -0.25) is 0 Å². The lowest BCUT2D eigenvalue weighted by atomic mass is 9.91. The molecule has 0 radical (unpaired) electrons. The van der Waals surface area contributed by atoms with Gasteiger partial charge in [0.2, 0.25) is 0 Å². The summed E-state index contributed by atoms with van der Waals surface area (Å²) in [6, 6.07) is 4.83. The molecule has 0 unspecified atom stereocenters. The number of hydrogen-bond acceptors (Lipinski definition) is 3. The molecule has 0 amide bonds. The van der Waals surface area contributed by atoms with Crippen molar-refractivity contribution >= 4 is 5.82 Å². The summed E-state index contributed by atoms with van der Waals surface area (Å²) in [6.07, 6.45) is 0. The van der Waals surface area contributed by atoms with Crippen LogP contribution in [0.1, 0.15) is 32.0 Å². The molecule has 1 aromatic heterocycles. The first-order valence-corrected chi connectivity index (χ1v) is 5.79. The van der Waals surface area contributed by atoms with Crippen molar-refractivity contribution in [1.82, 2.24) is 15.0 Å². The highest BCUT2D eigenvalue weighted by molar-refractivity contribution is 5.45. The van der Waals surface area contributed by atoms with Gasteiger partial charge in [0.25, 0.3) is 0 Å². The number of nitrogen functional groups attached to an aromatic ring is 1. The predicted molar refractivity (Wildman–Crippen MR) is 69.2 cm³/mol. The Balaban J connectivity index is 2.61. The van der Waals surface area contributed by atoms with Crippen LogP contribution in [0.3, 0.4) is 0 Å². The third kappa shape index (κ3) is 2.08. The molecule has 0 aliphatic rings. The Morgan fingerprint density at radius 3 is 2.50 bits per heavy atom. The lowest BCUT2D eigenvalue weighted by Crippen LogP contribution is -2.19. The lowest BCUT2D eigenvalue weighted by molar-refractivity contribution is 0.543. The van der Waals surface area contributed by atoms with E-state index in [0.717, 1.165) is 11.4 Å². The Morgan fingerprint density at radius 1 is 1.28 bits per heavy atom. The van der Waals surface area contributed by atoms with Gasteiger partial charge in [-0.25, -0.2) is 9.07 Å². The van der Waals surface area contributed by atoms with Gasteiger partial charge < -0.3 is 5.73 Å². The summed E-state index contributed by atoms with van der Waals surface area (Å²) in [5, 5.41) is 7.95. The first-order valence-electron chi connectivity index (χ1n) is 5.79. The fourth-order valence-corrected chi connectivity index (χ4v) is 1.94. The van der Waals surface area contributed by atoms with Crippen molar-refractivity contribution in [2.24, 2.45) is 0 Å². The second kappa shape index (κ2) is 4.08. The van der Waals surface area contributed by atoms with E-state index in [9.17, 15) is 4.39 Å². The summed E-state index contributed by atoms with van der Waals surface area (Å²) in [6.45, 7) is 7.83. The molecule has 1 heterocycles. The maximum atomic E-state index is 13.3. The highest BCUT2D eigenvalue weighted by Gasteiger charge is 2.24. The van der Waals surface area contributed by atoms with Crippen molar-refractivity contribution in [3.05, 3.63) is 35.3 Å². The van der Waals surface area contributed by atoms with Crippen LogP contribution >= 0.6 is 0 Å². The van der Waals surface area contributed by atoms with Crippen LogP contribution in [-0.4, -0.2) is 15.0 Å². The summed E-state index contributed by atoms with van der Waals surface area (Å²) >= 11 is 0. The lowest BCUT2D eigenvalue weighted by Gasteiger charge is -2.20. The Bertz CT molecular complexity index is 581. The second-order valence-corrected chi connectivity index (χ2v) is 5.42. The van der Waals surface area contributed by atoms with Gasteiger partial charge in [-0.2, -0.15) is 0 Å². The second-order valence-electron chi connectivity index (χ2n) is 5.42. The minimum Gasteiger partial charge on any atom is -0.381 e. The molecule has 0 saturated carbocycles. The first kappa shape index (κ1) is 12.5. The van der Waals surface area contributed by atoms with Crippen molar-refractivity contribution in [1.29, 1.82) is 0 Å². The normalized spacial score (nSPS) is 11.8. The largest absolute Gasteiger partial charge is 0.381 e. The predicted octanol–water partition coefficient (Wildman–Crippen LogP) is 2.59. The van der Waals surface area contributed by atoms with Crippen molar-refractivity contribution in [2.75, 3.05) is 5.73 Å². The fourth-order valence-electron chi connectivity index (χ4n) is 1.94. The van der Waals surface area contributed by atoms with Crippen LogP contribution in [-0.2, 0) is 5.41 Å². The highest BCUT2D eigenvalue weighted by Crippen LogP contribution is 2.28. The third-order valence-electron chi connectivity index (χ3n) is 2.79. The average Bonchev–Trinajstić information content (AvgIpc) is 2.64. The van der Waals surface area contributed by atoms with Gasteiger partial charge in [0, 0.05) is 5.41 Å². The summed E-state index contributed by atoms with van der Waals surface area (Å²) in [7, 11) is 0. The van der Waals surface area contributed by atoms with Crippen LogP contribution in [0.2, 0.25) is 0 Å². The van der Waals surface area contributed by atoms with Crippen molar-refractivity contribution in [3.8, 4) is 5.69 Å². The Morgan fingerprint density at radius 2 is 1.94 bits per heavy atom. The van der Waals surface area contributed by atoms with Gasteiger partial charge in [0.15, 0.2) is 5.82 Å². The summed E-state index contributed by atoms with van der Waals surface area (Å²) in [4.78, 5) is 0. The first-order chi connectivity index (χ1) is 8.30. The van der Waals surface area contributed by atoms with Gasteiger partial charge >= 0.3 is 0 Å². The number of nitrogens with two attached hydrogens (primary N) is 1. The smallest absolute Gasteiger partial charge is 0.170 e. The van der Waals surface area contributed by atoms with Gasteiger partial charge in [-0.1, -0.05) is 26.0 Å². The molecule has 0 aliphatic heterocycles. The fraction of sp³-hybridized carbons (Fsp3) is 0.385. The molecule has 0 atom stereocenters. The molecule has 0 bridgehead atoms. The summed E-state index contributed by atoms with van der Waals surface area (Å²) in [5.41, 5.74) is 7.84. The maximum absolute atomic E-state index is 13.3. The molecule has 2 N–H and O–H groups in total. The molecule has 0 saturated heterocycles. The number of benzene rings is 1. The van der Waals surface area contributed by atoms with E-state index in [4.69, 9.17) is 5.73 Å². The summed E-state index contributed by atoms with van der Waals surface area (Å²) < 4.78 is 15.0. The number of hydrogen-bond donors (Lipinski definition) is 1. The molecule has 18 heavy (non-hydrogen) atoms. The van der Waals surface area contributed by atoms with E-state index in [2.05, 4.69) is 10.3 Å². The van der Waals surface area contributed by atoms with Gasteiger partial charge in [0.05, 0.1) is 11.4 Å². The molecule has 0 aliphatic carbocycles. The van der Waals surface area contributed by atoms with E-state index in [-0.39, 0.29) is 11.2 Å². The molecule has 2 rings (SSSR count). The van der Waals surface area contributed by atoms with E-state index < -0.39 is 0 Å². The van der Waals surface area contributed by atoms with Crippen LogP contribution in [0.5, 0.6) is 0 Å². The summed E-state index contributed by atoms with van der Waals surface area (Å²) in [5.74, 6) is 0.175. The monoisotopic (exact) mass is 248 g/mol. The zero-order valence-electron chi connectivity index (χ0n) is 11.0. The van der Waals surface area contributed by atoms with Crippen molar-refractivity contribution < 1.29 is 4.39 Å². The minimum atomic E-state index is -0.232. The molecule has 1 aromatic carbocycles. The van der Waals surface area contributed by atoms with Crippen molar-refractivity contribution in [3.63, 3.8) is 0 Å². The number of aromatic nitrogens is 3. The SMILES string of the molecule is Cc1cc(-n2nnc(N)c2C(C)(C)C)ccc1F. The van der Waals surface area contributed by atoms with E-state index >= 15 is 0 Å². The highest BCUT2D eigenvalue weighted by atomic mass is 19.1. The minimum absolute atomic E-state index is 0.185. The van der Waals surface area contributed by atoms with Crippen LogP contribution in [0.15, 0.2) is 18.2 Å². The number of rotatable bonds is 1. The molecule has 0 spiro atoms. The molecule has 2 aromatic rings. The molecule has 4 nitrogen and oxygen atoms in total. The van der Waals surface area contributed by atoms with E-state index in [1.807, 2.05) is 20.8 Å². The van der Waals surface area contributed by atoms with Gasteiger partial charge in [-0.15, -0.1) is 5.10 Å². The Hall–Kier alpha value is -1.91. The molecular formula is C13H17FN4. The topological polar surface area (TPSA) is 56.7 Å². The van der Waals surface area contributed by atoms with E-state index in [0.29, 0.717) is 11.4 Å². The van der Waals surface area contributed by atoms with E-state index in [1.165, 1.54) is 6.07 Å². The van der Waals surface area contributed by atoms with Crippen molar-refractivity contribution in [2.45, 2.75) is 33.1 Å². The molecule has 96 valence electrons. The Labute approximate surface area is 106 Å². The average molecular weight is 248 g/mol. The van der Waals surface area contributed by atoms with Crippen LogP contribution < -0.4 is 5.73 Å². The zero-order valence-corrected chi connectivity index (χ0v) is 11.0. The quantitative estimate of drug-likeness (QED) is 0.844. The number of anilines is 1. The zero-order chi connectivity index (χ0) is 13.5. The van der Waals surface area contributed by atoms with E-state index in [1.54, 1.807) is 23.7 Å². The number of nitrogens with zero attached hydrogens (tertiary/aromatic N) is 3. The standard InChI is InChI=1S/C13H17FN4/c1-8-7-9(5-6-10(8)14)18-11(13(2,3)4)12(15)16-17-18/h5-7H,15H2,1-4H3. The van der Waals surface area contributed by atoms with Gasteiger partial charge in [0.1, 0.15) is 5.82 Å². The molecule has 5 heteroatoms. The third-order valence-corrected chi connectivity index (χ3v) is 2.79. The number of halogens is 1. The van der Waals surface area contributed by atoms with Crippen LogP contribution in [0.4, 0.5) is 10.2 Å². The van der Waals surface area contributed by atoms with Crippen LogP contribution in [0, 0.1) is 12.7 Å².